The van der Waals surface area contributed by atoms with Gasteiger partial charge in [-0.1, -0.05) is 36.2 Å². The summed E-state index contributed by atoms with van der Waals surface area (Å²) in [7, 11) is -3.63. The first-order chi connectivity index (χ1) is 17.5. The van der Waals surface area contributed by atoms with Gasteiger partial charge in [-0.2, -0.15) is 0 Å². The molecule has 0 unspecified atom stereocenters. The molecule has 2 aromatic rings. The number of hydrogen-bond acceptors (Lipinski definition) is 6. The summed E-state index contributed by atoms with van der Waals surface area (Å²) < 4.78 is 36.9. The smallest absolute Gasteiger partial charge is 0.242 e. The number of ether oxygens (including phenoxy) is 2. The number of carbonyl (C=O) groups is 2. The van der Waals surface area contributed by atoms with E-state index in [1.165, 1.54) is 9.21 Å². The van der Waals surface area contributed by atoms with E-state index in [1.807, 2.05) is 6.92 Å². The average molecular weight is 573 g/mol. The molecule has 0 aromatic heterocycles. The zero-order chi connectivity index (χ0) is 27.2. The van der Waals surface area contributed by atoms with E-state index in [-0.39, 0.29) is 44.5 Å². The fourth-order valence-electron chi connectivity index (χ4n) is 3.86. The molecule has 1 aliphatic rings. The van der Waals surface area contributed by atoms with Gasteiger partial charge in [0.2, 0.25) is 28.6 Å². The van der Waals surface area contributed by atoms with E-state index in [0.717, 1.165) is 12.7 Å². The first kappa shape index (κ1) is 28.9. The van der Waals surface area contributed by atoms with Crippen molar-refractivity contribution < 1.29 is 27.5 Å². The van der Waals surface area contributed by atoms with Crippen molar-refractivity contribution in [1.29, 1.82) is 0 Å². The van der Waals surface area contributed by atoms with Gasteiger partial charge in [-0.15, -0.1) is 0 Å². The molecule has 0 radical (unpaired) electrons. The molecule has 202 valence electrons. The van der Waals surface area contributed by atoms with Crippen molar-refractivity contribution in [2.24, 2.45) is 0 Å². The normalized spacial score (nSPS) is 13.2. The van der Waals surface area contributed by atoms with E-state index in [4.69, 9.17) is 32.7 Å². The number of halogens is 2. The van der Waals surface area contributed by atoms with E-state index < -0.39 is 16.1 Å². The Labute approximate surface area is 227 Å². The van der Waals surface area contributed by atoms with Crippen molar-refractivity contribution in [2.75, 3.05) is 30.4 Å². The molecule has 1 heterocycles. The van der Waals surface area contributed by atoms with E-state index in [9.17, 15) is 18.0 Å². The summed E-state index contributed by atoms with van der Waals surface area (Å²) in [4.78, 5) is 27.5. The van der Waals surface area contributed by atoms with Crippen LogP contribution in [0.1, 0.15) is 38.7 Å². The maximum absolute atomic E-state index is 13.3. The Morgan fingerprint density at radius 2 is 1.84 bits per heavy atom. The highest BCUT2D eigenvalue weighted by Crippen LogP contribution is 2.36. The van der Waals surface area contributed by atoms with E-state index in [1.54, 1.807) is 43.3 Å². The van der Waals surface area contributed by atoms with E-state index >= 15 is 0 Å². The third-order valence-corrected chi connectivity index (χ3v) is 7.65. The number of nitrogens with zero attached hydrogens (tertiary/aromatic N) is 2. The first-order valence-corrected chi connectivity index (χ1v) is 14.5. The Bertz CT molecular complexity index is 1240. The standard InChI is InChI=1S/C25H31Cl2N3O6S/c1-4-11-28-25(32)17(2)29(15-18-7-8-19(26)13-21(18)27)24(31)6-5-12-30(37(3,33)34)20-9-10-22-23(14-20)36-16-35-22/h7-10,13-14,17H,4-6,11-12,15-16H2,1-3H3,(H,28,32)/t17-/m0/s1. The minimum absolute atomic E-state index is 0.0210. The lowest BCUT2D eigenvalue weighted by molar-refractivity contribution is -0.140. The minimum atomic E-state index is -3.63. The molecule has 9 nitrogen and oxygen atoms in total. The molecule has 12 heteroatoms. The van der Waals surface area contributed by atoms with Gasteiger partial charge in [0.15, 0.2) is 11.5 Å². The highest BCUT2D eigenvalue weighted by Gasteiger charge is 2.27. The van der Waals surface area contributed by atoms with Crippen LogP contribution in [-0.4, -0.2) is 57.3 Å². The van der Waals surface area contributed by atoms with Crippen molar-refractivity contribution in [3.8, 4) is 11.5 Å². The van der Waals surface area contributed by atoms with Gasteiger partial charge >= 0.3 is 0 Å². The van der Waals surface area contributed by atoms with Crippen molar-refractivity contribution in [3.63, 3.8) is 0 Å². The summed E-state index contributed by atoms with van der Waals surface area (Å²) in [6, 6.07) is 9.08. The Hall–Kier alpha value is -2.69. The predicted octanol–water partition coefficient (Wildman–Crippen LogP) is 4.21. The molecular formula is C25H31Cl2N3O6S. The lowest BCUT2D eigenvalue weighted by Gasteiger charge is -2.29. The molecule has 0 fully saturated rings. The Balaban J connectivity index is 1.74. The van der Waals surface area contributed by atoms with Gasteiger partial charge in [-0.25, -0.2) is 8.42 Å². The molecule has 1 atom stereocenters. The van der Waals surface area contributed by atoms with Crippen LogP contribution in [0.2, 0.25) is 10.0 Å². The van der Waals surface area contributed by atoms with Crippen molar-refractivity contribution in [1.82, 2.24) is 10.2 Å². The van der Waals surface area contributed by atoms with Crippen LogP contribution in [0.25, 0.3) is 0 Å². The Morgan fingerprint density at radius 1 is 1.11 bits per heavy atom. The molecular weight excluding hydrogens is 541 g/mol. The number of carbonyl (C=O) groups excluding carboxylic acids is 2. The van der Waals surface area contributed by atoms with Crippen LogP contribution in [0, 0.1) is 0 Å². The largest absolute Gasteiger partial charge is 0.454 e. The second-order valence-electron chi connectivity index (χ2n) is 8.70. The fraction of sp³-hybridized carbons (Fsp3) is 0.440. The fourth-order valence-corrected chi connectivity index (χ4v) is 5.28. The van der Waals surface area contributed by atoms with Crippen molar-refractivity contribution in [3.05, 3.63) is 52.0 Å². The summed E-state index contributed by atoms with van der Waals surface area (Å²) in [6.45, 7) is 4.33. The van der Waals surface area contributed by atoms with Gasteiger partial charge in [-0.3, -0.25) is 13.9 Å². The zero-order valence-electron chi connectivity index (χ0n) is 21.0. The quantitative estimate of drug-likeness (QED) is 0.409. The molecule has 0 spiro atoms. The Morgan fingerprint density at radius 3 is 2.51 bits per heavy atom. The lowest BCUT2D eigenvalue weighted by atomic mass is 10.1. The molecule has 2 amide bonds. The third-order valence-electron chi connectivity index (χ3n) is 5.87. The number of sulfonamides is 1. The maximum atomic E-state index is 13.3. The van der Waals surface area contributed by atoms with E-state index in [0.29, 0.717) is 39.3 Å². The van der Waals surface area contributed by atoms with Crippen LogP contribution in [-0.2, 0) is 26.2 Å². The van der Waals surface area contributed by atoms with Gasteiger partial charge in [-0.05, 0) is 49.6 Å². The molecule has 0 bridgehead atoms. The van der Waals surface area contributed by atoms with Crippen LogP contribution < -0.4 is 19.1 Å². The summed E-state index contributed by atoms with van der Waals surface area (Å²) in [5, 5.41) is 3.67. The van der Waals surface area contributed by atoms with Crippen LogP contribution in [0.5, 0.6) is 11.5 Å². The van der Waals surface area contributed by atoms with Gasteiger partial charge in [0.05, 0.1) is 11.9 Å². The molecule has 0 saturated heterocycles. The molecule has 1 N–H and O–H groups in total. The van der Waals surface area contributed by atoms with Gasteiger partial charge in [0.25, 0.3) is 0 Å². The molecule has 3 rings (SSSR count). The van der Waals surface area contributed by atoms with Gasteiger partial charge in [0, 0.05) is 42.2 Å². The van der Waals surface area contributed by atoms with Crippen LogP contribution in [0.3, 0.4) is 0 Å². The number of nitrogens with one attached hydrogen (secondary N) is 1. The average Bonchev–Trinajstić information content (AvgIpc) is 3.31. The molecule has 0 aliphatic carbocycles. The number of fused-ring (bicyclic) bond motifs is 1. The minimum Gasteiger partial charge on any atom is -0.454 e. The Kier molecular flexibility index (Phi) is 9.92. The second kappa shape index (κ2) is 12.7. The summed E-state index contributed by atoms with van der Waals surface area (Å²) >= 11 is 12.3. The zero-order valence-corrected chi connectivity index (χ0v) is 23.3. The third kappa shape index (κ3) is 7.66. The second-order valence-corrected chi connectivity index (χ2v) is 11.5. The lowest BCUT2D eigenvalue weighted by Crippen LogP contribution is -2.48. The molecule has 1 aliphatic heterocycles. The molecule has 0 saturated carbocycles. The van der Waals surface area contributed by atoms with Gasteiger partial charge in [0.1, 0.15) is 6.04 Å². The van der Waals surface area contributed by atoms with Crippen molar-refractivity contribution >= 4 is 50.7 Å². The van der Waals surface area contributed by atoms with Crippen LogP contribution in [0.4, 0.5) is 5.69 Å². The SMILES string of the molecule is CCCNC(=O)[C@H](C)N(Cc1ccc(Cl)cc1Cl)C(=O)CCCN(c1ccc2c(c1)OCO2)S(C)(=O)=O. The molecule has 2 aromatic carbocycles. The topological polar surface area (TPSA) is 105 Å². The van der Waals surface area contributed by atoms with Crippen molar-refractivity contribution in [2.45, 2.75) is 45.7 Å². The van der Waals surface area contributed by atoms with E-state index in [2.05, 4.69) is 5.32 Å². The number of hydrogen-bond donors (Lipinski definition) is 1. The maximum Gasteiger partial charge on any atom is 0.242 e. The highest BCUT2D eigenvalue weighted by molar-refractivity contribution is 7.92. The number of amides is 2. The summed E-state index contributed by atoms with van der Waals surface area (Å²) in [5.41, 5.74) is 1.06. The number of anilines is 1. The predicted molar refractivity (Wildman–Crippen MR) is 144 cm³/mol. The number of rotatable bonds is 12. The van der Waals surface area contributed by atoms with Crippen LogP contribution in [0.15, 0.2) is 36.4 Å². The van der Waals surface area contributed by atoms with Gasteiger partial charge < -0.3 is 19.7 Å². The summed E-state index contributed by atoms with van der Waals surface area (Å²) in [6.07, 6.45) is 2.12. The monoisotopic (exact) mass is 571 g/mol. The summed E-state index contributed by atoms with van der Waals surface area (Å²) in [5.74, 6) is 0.419. The highest BCUT2D eigenvalue weighted by atomic mass is 35.5. The first-order valence-electron chi connectivity index (χ1n) is 11.9. The van der Waals surface area contributed by atoms with Crippen LogP contribution >= 0.6 is 23.2 Å². The molecule has 37 heavy (non-hydrogen) atoms. The number of benzene rings is 2.